The predicted molar refractivity (Wildman–Crippen MR) is 85.9 cm³/mol. The number of amides is 1. The number of carbonyl (C=O) groups is 2. The number of para-hydroxylation sites is 2. The first-order valence-corrected chi connectivity index (χ1v) is 7.26. The average molecular weight is 334 g/mol. The fourth-order valence-corrected chi connectivity index (χ4v) is 2.00. The first-order valence-electron chi connectivity index (χ1n) is 7.26. The minimum Gasteiger partial charge on any atom is -0.462 e. The maximum absolute atomic E-state index is 13.5. The molecule has 0 aromatic heterocycles. The van der Waals surface area contributed by atoms with Crippen LogP contribution in [0.1, 0.15) is 17.3 Å². The monoisotopic (exact) mass is 334 g/mol. The zero-order valence-electron chi connectivity index (χ0n) is 12.9. The molecule has 2 N–H and O–H groups in total. The van der Waals surface area contributed by atoms with Crippen LogP contribution in [0.15, 0.2) is 42.5 Å². The minimum atomic E-state index is -0.865. The molecule has 2 aromatic carbocycles. The molecular formula is C17H16F2N2O3. The third-order valence-corrected chi connectivity index (χ3v) is 3.09. The Bertz CT molecular complexity index is 730. The van der Waals surface area contributed by atoms with Gasteiger partial charge in [-0.2, -0.15) is 0 Å². The van der Waals surface area contributed by atoms with E-state index in [-0.39, 0.29) is 18.7 Å². The summed E-state index contributed by atoms with van der Waals surface area (Å²) in [5.74, 6) is -2.91. The summed E-state index contributed by atoms with van der Waals surface area (Å²) in [6.07, 6.45) is 0. The van der Waals surface area contributed by atoms with E-state index in [4.69, 9.17) is 4.74 Å². The Kier molecular flexibility index (Phi) is 5.83. The zero-order valence-corrected chi connectivity index (χ0v) is 12.9. The summed E-state index contributed by atoms with van der Waals surface area (Å²) in [4.78, 5) is 23.7. The highest BCUT2D eigenvalue weighted by molar-refractivity contribution is 5.98. The number of halogens is 2. The quantitative estimate of drug-likeness (QED) is 0.796. The molecule has 0 saturated heterocycles. The van der Waals surface area contributed by atoms with Gasteiger partial charge in [-0.3, -0.25) is 4.79 Å². The van der Waals surface area contributed by atoms with E-state index in [1.165, 1.54) is 6.07 Å². The number of nitrogens with one attached hydrogen (secondary N) is 2. The molecule has 0 heterocycles. The standard InChI is InChI=1S/C17H16F2N2O3/c1-2-24-17(23)11-6-3-4-9-14(11)20-10-15(22)21-16-12(18)7-5-8-13(16)19/h3-9,20H,2,10H2,1H3,(H,21,22). The molecule has 5 nitrogen and oxygen atoms in total. The normalized spacial score (nSPS) is 10.1. The Morgan fingerprint density at radius 3 is 2.38 bits per heavy atom. The van der Waals surface area contributed by atoms with E-state index in [1.807, 2.05) is 0 Å². The van der Waals surface area contributed by atoms with Crippen molar-refractivity contribution in [1.29, 1.82) is 0 Å². The van der Waals surface area contributed by atoms with E-state index in [9.17, 15) is 18.4 Å². The van der Waals surface area contributed by atoms with Crippen molar-refractivity contribution in [2.24, 2.45) is 0 Å². The second kappa shape index (κ2) is 8.05. The highest BCUT2D eigenvalue weighted by Crippen LogP contribution is 2.19. The number of benzene rings is 2. The van der Waals surface area contributed by atoms with Crippen LogP contribution in [0.5, 0.6) is 0 Å². The van der Waals surface area contributed by atoms with E-state index in [2.05, 4.69) is 10.6 Å². The maximum atomic E-state index is 13.5. The summed E-state index contributed by atoms with van der Waals surface area (Å²) in [5, 5.41) is 4.91. The van der Waals surface area contributed by atoms with Crippen LogP contribution in [0.4, 0.5) is 20.2 Å². The van der Waals surface area contributed by atoms with Gasteiger partial charge in [0.1, 0.15) is 17.3 Å². The highest BCUT2D eigenvalue weighted by atomic mass is 19.1. The van der Waals surface area contributed by atoms with Crippen molar-refractivity contribution >= 4 is 23.3 Å². The molecule has 2 rings (SSSR count). The number of hydrogen-bond acceptors (Lipinski definition) is 4. The lowest BCUT2D eigenvalue weighted by atomic mass is 10.2. The van der Waals surface area contributed by atoms with Crippen LogP contribution in [-0.4, -0.2) is 25.0 Å². The lowest BCUT2D eigenvalue weighted by Crippen LogP contribution is -2.24. The molecule has 0 radical (unpaired) electrons. The van der Waals surface area contributed by atoms with Crippen LogP contribution in [-0.2, 0) is 9.53 Å². The molecule has 24 heavy (non-hydrogen) atoms. The Balaban J connectivity index is 2.03. The fraction of sp³-hybridized carbons (Fsp3) is 0.176. The number of ether oxygens (including phenoxy) is 1. The van der Waals surface area contributed by atoms with Gasteiger partial charge in [0.25, 0.3) is 0 Å². The van der Waals surface area contributed by atoms with Gasteiger partial charge in [0.15, 0.2) is 0 Å². The van der Waals surface area contributed by atoms with Crippen molar-refractivity contribution in [3.05, 3.63) is 59.7 Å². The van der Waals surface area contributed by atoms with Gasteiger partial charge in [-0.25, -0.2) is 13.6 Å². The molecule has 126 valence electrons. The van der Waals surface area contributed by atoms with Crippen LogP contribution >= 0.6 is 0 Å². The fourth-order valence-electron chi connectivity index (χ4n) is 2.00. The SMILES string of the molecule is CCOC(=O)c1ccccc1NCC(=O)Nc1c(F)cccc1F. The van der Waals surface area contributed by atoms with Gasteiger partial charge in [0, 0.05) is 5.69 Å². The third-order valence-electron chi connectivity index (χ3n) is 3.09. The number of anilines is 2. The van der Waals surface area contributed by atoms with E-state index in [0.717, 1.165) is 12.1 Å². The Morgan fingerprint density at radius 1 is 1.04 bits per heavy atom. The molecule has 0 aliphatic rings. The number of carbonyl (C=O) groups excluding carboxylic acids is 2. The number of hydrogen-bond donors (Lipinski definition) is 2. The van der Waals surface area contributed by atoms with Crippen molar-refractivity contribution in [1.82, 2.24) is 0 Å². The molecule has 1 amide bonds. The molecule has 0 unspecified atom stereocenters. The number of rotatable bonds is 6. The van der Waals surface area contributed by atoms with E-state index in [0.29, 0.717) is 5.69 Å². The van der Waals surface area contributed by atoms with Gasteiger partial charge in [-0.05, 0) is 31.2 Å². The summed E-state index contributed by atoms with van der Waals surface area (Å²) in [6, 6.07) is 9.78. The van der Waals surface area contributed by atoms with E-state index < -0.39 is 29.2 Å². The van der Waals surface area contributed by atoms with Gasteiger partial charge in [-0.15, -0.1) is 0 Å². The molecule has 0 fully saturated rings. The molecule has 0 aliphatic heterocycles. The van der Waals surface area contributed by atoms with Crippen molar-refractivity contribution in [3.63, 3.8) is 0 Å². The summed E-state index contributed by atoms with van der Waals surface area (Å²) in [5.41, 5.74) is 0.146. The highest BCUT2D eigenvalue weighted by Gasteiger charge is 2.14. The Labute approximate surface area is 137 Å². The van der Waals surface area contributed by atoms with Crippen LogP contribution in [0.3, 0.4) is 0 Å². The molecular weight excluding hydrogens is 318 g/mol. The topological polar surface area (TPSA) is 67.4 Å². The minimum absolute atomic E-state index is 0.222. The second-order valence-electron chi connectivity index (χ2n) is 4.76. The summed E-state index contributed by atoms with van der Waals surface area (Å²) in [7, 11) is 0. The van der Waals surface area contributed by atoms with E-state index >= 15 is 0 Å². The lowest BCUT2D eigenvalue weighted by Gasteiger charge is -2.12. The molecule has 2 aromatic rings. The summed E-state index contributed by atoms with van der Waals surface area (Å²) >= 11 is 0. The smallest absolute Gasteiger partial charge is 0.340 e. The molecule has 0 aliphatic carbocycles. The first-order chi connectivity index (χ1) is 11.5. The van der Waals surface area contributed by atoms with Gasteiger partial charge >= 0.3 is 5.97 Å². The lowest BCUT2D eigenvalue weighted by molar-refractivity contribution is -0.114. The Morgan fingerprint density at radius 2 is 1.71 bits per heavy atom. The summed E-state index contributed by atoms with van der Waals surface area (Å²) < 4.78 is 31.9. The first kappa shape index (κ1) is 17.4. The third kappa shape index (κ3) is 4.28. The molecule has 0 bridgehead atoms. The van der Waals surface area contributed by atoms with Crippen LogP contribution in [0.2, 0.25) is 0 Å². The van der Waals surface area contributed by atoms with Gasteiger partial charge in [0.05, 0.1) is 18.7 Å². The van der Waals surface area contributed by atoms with Crippen molar-refractivity contribution in [3.8, 4) is 0 Å². The van der Waals surface area contributed by atoms with Crippen molar-refractivity contribution < 1.29 is 23.1 Å². The summed E-state index contributed by atoms with van der Waals surface area (Å²) in [6.45, 7) is 1.63. The van der Waals surface area contributed by atoms with Crippen LogP contribution < -0.4 is 10.6 Å². The van der Waals surface area contributed by atoms with Crippen LogP contribution in [0, 0.1) is 11.6 Å². The maximum Gasteiger partial charge on any atom is 0.340 e. The van der Waals surface area contributed by atoms with Crippen molar-refractivity contribution in [2.75, 3.05) is 23.8 Å². The zero-order chi connectivity index (χ0) is 17.5. The Hall–Kier alpha value is -2.96. The van der Waals surface area contributed by atoms with Gasteiger partial charge in [0.2, 0.25) is 5.91 Å². The predicted octanol–water partition coefficient (Wildman–Crippen LogP) is 3.19. The molecule has 0 saturated carbocycles. The number of esters is 1. The molecule has 0 atom stereocenters. The van der Waals surface area contributed by atoms with Crippen molar-refractivity contribution in [2.45, 2.75) is 6.92 Å². The second-order valence-corrected chi connectivity index (χ2v) is 4.76. The average Bonchev–Trinajstić information content (AvgIpc) is 2.57. The van der Waals surface area contributed by atoms with E-state index in [1.54, 1.807) is 31.2 Å². The van der Waals surface area contributed by atoms with Gasteiger partial charge < -0.3 is 15.4 Å². The van der Waals surface area contributed by atoms with Crippen LogP contribution in [0.25, 0.3) is 0 Å². The van der Waals surface area contributed by atoms with Gasteiger partial charge in [-0.1, -0.05) is 18.2 Å². The molecule has 0 spiro atoms. The largest absolute Gasteiger partial charge is 0.462 e. The molecule has 7 heteroatoms.